The van der Waals surface area contributed by atoms with Gasteiger partial charge in [0.2, 0.25) is 0 Å². The molecule has 0 saturated carbocycles. The molecule has 0 atom stereocenters. The maximum atomic E-state index is 5.77. The van der Waals surface area contributed by atoms with E-state index in [1.54, 1.807) is 10.9 Å². The van der Waals surface area contributed by atoms with Crippen molar-refractivity contribution in [3.8, 4) is 0 Å². The fraction of sp³-hybridized carbons (Fsp3) is 0.167. The Kier molecular flexibility index (Phi) is 1.29. The zero-order valence-electron chi connectivity index (χ0n) is 5.82. The highest BCUT2D eigenvalue weighted by atomic mass is 35.5. The summed E-state index contributed by atoms with van der Waals surface area (Å²) in [6.45, 7) is 0. The van der Waals surface area contributed by atoms with Crippen molar-refractivity contribution in [1.82, 2.24) is 19.7 Å². The molecule has 56 valence electrons. The van der Waals surface area contributed by atoms with Crippen molar-refractivity contribution in [3.63, 3.8) is 0 Å². The van der Waals surface area contributed by atoms with Crippen molar-refractivity contribution in [2.75, 3.05) is 0 Å². The fourth-order valence-corrected chi connectivity index (χ4v) is 1.10. The molecule has 0 aliphatic rings. The molecule has 0 bridgehead atoms. The summed E-state index contributed by atoms with van der Waals surface area (Å²) >= 11 is 5.77. The number of fused-ring (bicyclic) bond motifs is 1. The lowest BCUT2D eigenvalue weighted by Gasteiger charge is -1.86. The molecule has 2 rings (SSSR count). The summed E-state index contributed by atoms with van der Waals surface area (Å²) < 4.78 is 1.66. The van der Waals surface area contributed by atoms with Gasteiger partial charge in [-0.25, -0.2) is 9.97 Å². The third-order valence-electron chi connectivity index (χ3n) is 1.38. The Labute approximate surface area is 67.8 Å². The first-order valence-electron chi connectivity index (χ1n) is 3.07. The molecule has 0 unspecified atom stereocenters. The van der Waals surface area contributed by atoms with Crippen LogP contribution >= 0.6 is 11.6 Å². The molecule has 2 aromatic heterocycles. The first kappa shape index (κ1) is 6.54. The Morgan fingerprint density at radius 2 is 2.27 bits per heavy atom. The van der Waals surface area contributed by atoms with E-state index in [2.05, 4.69) is 15.1 Å². The maximum Gasteiger partial charge on any atom is 0.185 e. The number of aromatic nitrogens is 4. The molecule has 0 aliphatic heterocycles. The van der Waals surface area contributed by atoms with Gasteiger partial charge in [-0.3, -0.25) is 4.68 Å². The minimum absolute atomic E-state index is 0.447. The Bertz CT molecular complexity index is 394. The second-order valence-electron chi connectivity index (χ2n) is 2.20. The number of hydrogen-bond donors (Lipinski definition) is 0. The Hall–Kier alpha value is -1.16. The zero-order chi connectivity index (χ0) is 7.84. The summed E-state index contributed by atoms with van der Waals surface area (Å²) in [6, 6.07) is 0. The molecule has 11 heavy (non-hydrogen) atoms. The minimum Gasteiger partial charge on any atom is -0.273 e. The van der Waals surface area contributed by atoms with Gasteiger partial charge in [0.15, 0.2) is 5.65 Å². The topological polar surface area (TPSA) is 43.6 Å². The summed E-state index contributed by atoms with van der Waals surface area (Å²) in [5.41, 5.74) is 0.632. The van der Waals surface area contributed by atoms with Gasteiger partial charge < -0.3 is 0 Å². The predicted octanol–water partition coefficient (Wildman–Crippen LogP) is 1.02. The summed E-state index contributed by atoms with van der Waals surface area (Å²) in [7, 11) is 1.82. The quantitative estimate of drug-likeness (QED) is 0.552. The third-order valence-corrected chi connectivity index (χ3v) is 1.68. The molecule has 0 saturated heterocycles. The van der Waals surface area contributed by atoms with Crippen molar-refractivity contribution in [2.45, 2.75) is 0 Å². The van der Waals surface area contributed by atoms with Gasteiger partial charge in [-0.2, -0.15) is 5.10 Å². The van der Waals surface area contributed by atoms with Gasteiger partial charge in [0.25, 0.3) is 0 Å². The second kappa shape index (κ2) is 2.17. The average molecular weight is 169 g/mol. The Morgan fingerprint density at radius 1 is 1.45 bits per heavy atom. The first-order valence-corrected chi connectivity index (χ1v) is 3.45. The highest BCUT2D eigenvalue weighted by Gasteiger charge is 2.03. The zero-order valence-corrected chi connectivity index (χ0v) is 6.58. The number of nitrogens with zero attached hydrogens (tertiary/aromatic N) is 4. The first-order chi connectivity index (χ1) is 5.27. The monoisotopic (exact) mass is 168 g/mol. The lowest BCUT2D eigenvalue weighted by molar-refractivity contribution is 0.775. The van der Waals surface area contributed by atoms with Crippen LogP contribution in [0.2, 0.25) is 5.15 Å². The molecule has 4 nitrogen and oxygen atoms in total. The lowest BCUT2D eigenvalue weighted by Crippen LogP contribution is -1.85. The van der Waals surface area contributed by atoms with Crippen LogP contribution in [0, 0.1) is 0 Å². The van der Waals surface area contributed by atoms with E-state index in [1.165, 1.54) is 6.33 Å². The summed E-state index contributed by atoms with van der Waals surface area (Å²) in [5.74, 6) is 0. The van der Waals surface area contributed by atoms with Crippen molar-refractivity contribution in [3.05, 3.63) is 17.7 Å². The smallest absolute Gasteiger partial charge is 0.185 e. The molecule has 0 N–H and O–H groups in total. The highest BCUT2D eigenvalue weighted by Crippen LogP contribution is 2.16. The fourth-order valence-electron chi connectivity index (χ4n) is 0.921. The summed E-state index contributed by atoms with van der Waals surface area (Å²) in [6.07, 6.45) is 3.19. The van der Waals surface area contributed by atoms with Crippen molar-refractivity contribution in [2.24, 2.45) is 7.05 Å². The highest BCUT2D eigenvalue weighted by molar-refractivity contribution is 6.33. The van der Waals surface area contributed by atoms with Crippen LogP contribution in [0.4, 0.5) is 0 Å². The van der Waals surface area contributed by atoms with Crippen LogP contribution < -0.4 is 0 Å². The van der Waals surface area contributed by atoms with Crippen LogP contribution in [0.3, 0.4) is 0 Å². The second-order valence-corrected chi connectivity index (χ2v) is 2.56. The predicted molar refractivity (Wildman–Crippen MR) is 41.3 cm³/mol. The van der Waals surface area contributed by atoms with Gasteiger partial charge in [0, 0.05) is 13.2 Å². The van der Waals surface area contributed by atoms with Gasteiger partial charge in [-0.15, -0.1) is 0 Å². The van der Waals surface area contributed by atoms with Gasteiger partial charge in [-0.1, -0.05) is 11.6 Å². The third kappa shape index (κ3) is 0.952. The van der Waals surface area contributed by atoms with Gasteiger partial charge in [0.05, 0.1) is 5.39 Å². The van der Waals surface area contributed by atoms with Crippen LogP contribution in [-0.4, -0.2) is 19.7 Å². The molecule has 2 aromatic rings. The maximum absolute atomic E-state index is 5.77. The molecule has 5 heteroatoms. The van der Waals surface area contributed by atoms with Crippen LogP contribution in [0.15, 0.2) is 12.5 Å². The van der Waals surface area contributed by atoms with E-state index in [0.29, 0.717) is 10.8 Å². The Morgan fingerprint density at radius 3 is 3.00 bits per heavy atom. The SMILES string of the molecule is Cn1cc2c(Cl)ncnc2n1. The van der Waals surface area contributed by atoms with E-state index in [0.717, 1.165) is 5.39 Å². The van der Waals surface area contributed by atoms with Crippen molar-refractivity contribution in [1.29, 1.82) is 0 Å². The van der Waals surface area contributed by atoms with E-state index in [-0.39, 0.29) is 0 Å². The van der Waals surface area contributed by atoms with Crippen LogP contribution in [-0.2, 0) is 7.05 Å². The average Bonchev–Trinajstić information content (AvgIpc) is 2.31. The van der Waals surface area contributed by atoms with E-state index >= 15 is 0 Å². The molecule has 2 heterocycles. The molecule has 0 spiro atoms. The molecule has 0 amide bonds. The van der Waals surface area contributed by atoms with Gasteiger partial charge in [-0.05, 0) is 0 Å². The number of hydrogen-bond acceptors (Lipinski definition) is 3. The van der Waals surface area contributed by atoms with Gasteiger partial charge in [0.1, 0.15) is 11.5 Å². The van der Waals surface area contributed by atoms with E-state index in [1.807, 2.05) is 7.05 Å². The minimum atomic E-state index is 0.447. The Balaban J connectivity index is 2.90. The van der Waals surface area contributed by atoms with Crippen molar-refractivity contribution < 1.29 is 0 Å². The molecular weight excluding hydrogens is 164 g/mol. The molecule has 0 fully saturated rings. The van der Waals surface area contributed by atoms with Crippen LogP contribution in [0.5, 0.6) is 0 Å². The molecular formula is C6H5ClN4. The normalized spacial score (nSPS) is 10.7. The lowest BCUT2D eigenvalue weighted by atomic mass is 10.4. The van der Waals surface area contributed by atoms with Crippen LogP contribution in [0.25, 0.3) is 11.0 Å². The van der Waals surface area contributed by atoms with Crippen molar-refractivity contribution >= 4 is 22.6 Å². The summed E-state index contributed by atoms with van der Waals surface area (Å²) in [5, 5.41) is 5.29. The molecule has 0 aromatic carbocycles. The largest absolute Gasteiger partial charge is 0.273 e. The van der Waals surface area contributed by atoms with Gasteiger partial charge >= 0.3 is 0 Å². The van der Waals surface area contributed by atoms with Crippen LogP contribution in [0.1, 0.15) is 0 Å². The summed E-state index contributed by atoms with van der Waals surface area (Å²) in [4.78, 5) is 7.76. The van der Waals surface area contributed by atoms with E-state index in [9.17, 15) is 0 Å². The molecule has 0 aliphatic carbocycles. The van der Waals surface area contributed by atoms with E-state index < -0.39 is 0 Å². The van der Waals surface area contributed by atoms with E-state index in [4.69, 9.17) is 11.6 Å². The number of aryl methyl sites for hydroxylation is 1. The standard InChI is InChI=1S/C6H5ClN4/c1-11-2-4-5(7)8-3-9-6(4)10-11/h2-3H,1H3. The number of rotatable bonds is 0. The number of halogens is 1. The molecule has 0 radical (unpaired) electrons.